The molecule has 3 N–H and O–H groups in total. The van der Waals surface area contributed by atoms with Gasteiger partial charge in [-0.1, -0.05) is 78.9 Å². The van der Waals surface area contributed by atoms with Crippen LogP contribution in [0.1, 0.15) is 15.9 Å². The lowest BCUT2D eigenvalue weighted by molar-refractivity contribution is -0.119. The molecule has 0 heterocycles. The predicted octanol–water partition coefficient (Wildman–Crippen LogP) is 3.18. The van der Waals surface area contributed by atoms with Gasteiger partial charge in [0.15, 0.2) is 0 Å². The number of carbonyl (C=O) groups excluding carboxylic acids is 2. The first kappa shape index (κ1) is 17.4. The van der Waals surface area contributed by atoms with E-state index in [0.717, 1.165) is 16.7 Å². The van der Waals surface area contributed by atoms with E-state index in [9.17, 15) is 9.59 Å². The number of nitrogens with one attached hydrogen (secondary N) is 1. The summed E-state index contributed by atoms with van der Waals surface area (Å²) in [7, 11) is 0. The summed E-state index contributed by atoms with van der Waals surface area (Å²) in [6.45, 7) is 0. The maximum absolute atomic E-state index is 12.8. The van der Waals surface area contributed by atoms with E-state index >= 15 is 0 Å². The second kappa shape index (κ2) is 8.12. The van der Waals surface area contributed by atoms with Crippen LogP contribution in [0.15, 0.2) is 84.9 Å². The zero-order valence-corrected chi connectivity index (χ0v) is 14.3. The van der Waals surface area contributed by atoms with Crippen LogP contribution >= 0.6 is 0 Å². The summed E-state index contributed by atoms with van der Waals surface area (Å²) in [5.41, 5.74) is 8.71. The Morgan fingerprint density at radius 3 is 2.04 bits per heavy atom. The van der Waals surface area contributed by atoms with Gasteiger partial charge in [-0.25, -0.2) is 0 Å². The SMILES string of the molecule is NC(=O)[C@H](Cc1ccccc1)NC(=O)c1ccccc1-c1ccccc1. The fourth-order valence-electron chi connectivity index (χ4n) is 2.86. The molecule has 3 rings (SSSR count). The van der Waals surface area contributed by atoms with Gasteiger partial charge in [0.05, 0.1) is 0 Å². The van der Waals surface area contributed by atoms with Crippen molar-refractivity contribution in [1.82, 2.24) is 5.32 Å². The molecular weight excluding hydrogens is 324 g/mol. The lowest BCUT2D eigenvalue weighted by Crippen LogP contribution is -2.46. The predicted molar refractivity (Wildman–Crippen MR) is 102 cm³/mol. The van der Waals surface area contributed by atoms with Crippen LogP contribution < -0.4 is 11.1 Å². The highest BCUT2D eigenvalue weighted by Crippen LogP contribution is 2.23. The van der Waals surface area contributed by atoms with E-state index in [-0.39, 0.29) is 5.91 Å². The Morgan fingerprint density at radius 2 is 1.38 bits per heavy atom. The molecule has 4 heteroatoms. The Morgan fingerprint density at radius 1 is 0.808 bits per heavy atom. The van der Waals surface area contributed by atoms with E-state index in [1.165, 1.54) is 0 Å². The van der Waals surface area contributed by atoms with Crippen LogP contribution in [0.5, 0.6) is 0 Å². The number of rotatable bonds is 6. The maximum atomic E-state index is 12.8. The first-order valence-corrected chi connectivity index (χ1v) is 8.43. The molecule has 0 aliphatic rings. The second-order valence-electron chi connectivity index (χ2n) is 6.03. The lowest BCUT2D eigenvalue weighted by Gasteiger charge is -2.17. The topological polar surface area (TPSA) is 72.2 Å². The summed E-state index contributed by atoms with van der Waals surface area (Å²) < 4.78 is 0. The van der Waals surface area contributed by atoms with Crippen molar-refractivity contribution < 1.29 is 9.59 Å². The highest BCUT2D eigenvalue weighted by Gasteiger charge is 2.21. The molecule has 0 aliphatic heterocycles. The van der Waals surface area contributed by atoms with E-state index < -0.39 is 11.9 Å². The molecule has 3 aromatic rings. The van der Waals surface area contributed by atoms with Gasteiger partial charge in [0.25, 0.3) is 5.91 Å². The molecule has 0 bridgehead atoms. The maximum Gasteiger partial charge on any atom is 0.252 e. The standard InChI is InChI=1S/C22H20N2O2/c23-21(25)20(15-16-9-3-1-4-10-16)24-22(26)19-14-8-7-13-18(19)17-11-5-2-6-12-17/h1-14,20H,15H2,(H2,23,25)(H,24,26)/t20-/m0/s1. The molecule has 0 radical (unpaired) electrons. The molecule has 0 aromatic heterocycles. The van der Waals surface area contributed by atoms with Crippen molar-refractivity contribution in [2.75, 3.05) is 0 Å². The monoisotopic (exact) mass is 344 g/mol. The molecule has 26 heavy (non-hydrogen) atoms. The van der Waals surface area contributed by atoms with E-state index in [1.807, 2.05) is 72.8 Å². The average molecular weight is 344 g/mol. The van der Waals surface area contributed by atoms with Gasteiger partial charge >= 0.3 is 0 Å². The Bertz CT molecular complexity index is 892. The number of benzene rings is 3. The molecule has 0 unspecified atom stereocenters. The number of hydrogen-bond acceptors (Lipinski definition) is 2. The van der Waals surface area contributed by atoms with Gasteiger partial charge in [0.1, 0.15) is 6.04 Å². The Hall–Kier alpha value is -3.40. The fraction of sp³-hybridized carbons (Fsp3) is 0.0909. The first-order valence-electron chi connectivity index (χ1n) is 8.43. The van der Waals surface area contributed by atoms with Crippen molar-refractivity contribution in [3.8, 4) is 11.1 Å². The average Bonchev–Trinajstić information content (AvgIpc) is 2.69. The number of hydrogen-bond donors (Lipinski definition) is 2. The van der Waals surface area contributed by atoms with Crippen LogP contribution in [0.3, 0.4) is 0 Å². The number of amides is 2. The second-order valence-corrected chi connectivity index (χ2v) is 6.03. The summed E-state index contributed by atoms with van der Waals surface area (Å²) >= 11 is 0. The fourth-order valence-corrected chi connectivity index (χ4v) is 2.86. The van der Waals surface area contributed by atoms with Crippen molar-refractivity contribution in [2.45, 2.75) is 12.5 Å². The zero-order chi connectivity index (χ0) is 18.4. The van der Waals surface area contributed by atoms with Gasteiger partial charge in [-0.2, -0.15) is 0 Å². The van der Waals surface area contributed by atoms with E-state index in [0.29, 0.717) is 12.0 Å². The summed E-state index contributed by atoms with van der Waals surface area (Å²) in [6.07, 6.45) is 0.357. The van der Waals surface area contributed by atoms with Gasteiger partial charge in [0, 0.05) is 12.0 Å². The molecule has 0 aliphatic carbocycles. The Kier molecular flexibility index (Phi) is 5.44. The van der Waals surface area contributed by atoms with Gasteiger partial charge in [-0.3, -0.25) is 9.59 Å². The smallest absolute Gasteiger partial charge is 0.252 e. The molecule has 3 aromatic carbocycles. The normalized spacial score (nSPS) is 11.5. The summed E-state index contributed by atoms with van der Waals surface area (Å²) in [5, 5.41) is 2.78. The van der Waals surface area contributed by atoms with Crippen LogP contribution in [0.4, 0.5) is 0 Å². The Balaban J connectivity index is 1.84. The van der Waals surface area contributed by atoms with Crippen LogP contribution in [0.2, 0.25) is 0 Å². The van der Waals surface area contributed by atoms with E-state index in [4.69, 9.17) is 5.73 Å². The molecule has 4 nitrogen and oxygen atoms in total. The molecular formula is C22H20N2O2. The largest absolute Gasteiger partial charge is 0.368 e. The number of carbonyl (C=O) groups is 2. The van der Waals surface area contributed by atoms with Crippen LogP contribution in [0.25, 0.3) is 11.1 Å². The Labute approximate surface area is 152 Å². The minimum atomic E-state index is -0.770. The van der Waals surface area contributed by atoms with Crippen LogP contribution in [0, 0.1) is 0 Å². The van der Waals surface area contributed by atoms with E-state index in [2.05, 4.69) is 5.32 Å². The minimum Gasteiger partial charge on any atom is -0.368 e. The molecule has 0 saturated heterocycles. The van der Waals surface area contributed by atoms with Gasteiger partial charge in [-0.15, -0.1) is 0 Å². The number of primary amides is 1. The van der Waals surface area contributed by atoms with Gasteiger partial charge in [-0.05, 0) is 22.8 Å². The van der Waals surface area contributed by atoms with Crippen molar-refractivity contribution in [3.63, 3.8) is 0 Å². The third kappa shape index (κ3) is 4.16. The quantitative estimate of drug-likeness (QED) is 0.721. The summed E-state index contributed by atoms with van der Waals surface area (Å²) in [4.78, 5) is 24.7. The highest BCUT2D eigenvalue weighted by molar-refractivity contribution is 6.02. The molecule has 0 spiro atoms. The zero-order valence-electron chi connectivity index (χ0n) is 14.3. The van der Waals surface area contributed by atoms with Crippen molar-refractivity contribution in [3.05, 3.63) is 96.1 Å². The first-order chi connectivity index (χ1) is 12.6. The van der Waals surface area contributed by atoms with Crippen molar-refractivity contribution in [1.29, 1.82) is 0 Å². The lowest BCUT2D eigenvalue weighted by atomic mass is 9.98. The van der Waals surface area contributed by atoms with E-state index in [1.54, 1.807) is 12.1 Å². The van der Waals surface area contributed by atoms with Crippen molar-refractivity contribution in [2.24, 2.45) is 5.73 Å². The van der Waals surface area contributed by atoms with Crippen LogP contribution in [-0.4, -0.2) is 17.9 Å². The molecule has 0 saturated carbocycles. The summed E-state index contributed by atoms with van der Waals surface area (Å²) in [6, 6.07) is 25.7. The molecule has 1 atom stereocenters. The third-order valence-electron chi connectivity index (χ3n) is 4.19. The van der Waals surface area contributed by atoms with Gasteiger partial charge < -0.3 is 11.1 Å². The summed E-state index contributed by atoms with van der Waals surface area (Å²) in [5.74, 6) is -0.872. The highest BCUT2D eigenvalue weighted by atomic mass is 16.2. The van der Waals surface area contributed by atoms with Crippen molar-refractivity contribution >= 4 is 11.8 Å². The minimum absolute atomic E-state index is 0.316. The molecule has 130 valence electrons. The molecule has 2 amide bonds. The molecule has 0 fully saturated rings. The third-order valence-corrected chi connectivity index (χ3v) is 4.19. The van der Waals surface area contributed by atoms with Crippen LogP contribution in [-0.2, 0) is 11.2 Å². The number of nitrogens with two attached hydrogens (primary N) is 1. The van der Waals surface area contributed by atoms with Gasteiger partial charge in [0.2, 0.25) is 5.91 Å².